The van der Waals surface area contributed by atoms with Crippen LogP contribution in [0.1, 0.15) is 12.5 Å². The van der Waals surface area contributed by atoms with Crippen LogP contribution in [0.5, 0.6) is 5.75 Å². The molecule has 0 spiro atoms. The van der Waals surface area contributed by atoms with Crippen molar-refractivity contribution in [2.45, 2.75) is 6.92 Å². The van der Waals surface area contributed by atoms with Gasteiger partial charge in [0.25, 0.3) is 5.91 Å². The summed E-state index contributed by atoms with van der Waals surface area (Å²) in [6.07, 6.45) is 1.52. The van der Waals surface area contributed by atoms with Gasteiger partial charge < -0.3 is 14.8 Å². The zero-order chi connectivity index (χ0) is 18.6. The maximum absolute atomic E-state index is 11.7. The minimum absolute atomic E-state index is 0.127. The number of anilines is 1. The average molecular weight is 355 g/mol. The van der Waals surface area contributed by atoms with Crippen molar-refractivity contribution in [2.75, 3.05) is 25.1 Å². The molecule has 0 radical (unpaired) electrons. The van der Waals surface area contributed by atoms with Crippen molar-refractivity contribution < 1.29 is 19.1 Å². The van der Waals surface area contributed by atoms with Crippen molar-refractivity contribution in [3.8, 4) is 5.75 Å². The number of carbonyl (C=O) groups is 2. The van der Waals surface area contributed by atoms with Crippen LogP contribution < -0.4 is 15.5 Å². The highest BCUT2D eigenvalue weighted by Gasteiger charge is 2.03. The van der Waals surface area contributed by atoms with Crippen molar-refractivity contribution in [3.05, 3.63) is 60.2 Å². The number of carbonyl (C=O) groups excluding carboxylic acids is 2. The summed E-state index contributed by atoms with van der Waals surface area (Å²) < 4.78 is 10.1. The molecule has 2 N–H and O–H groups in total. The van der Waals surface area contributed by atoms with Gasteiger partial charge in [-0.15, -0.1) is 0 Å². The van der Waals surface area contributed by atoms with E-state index in [0.29, 0.717) is 12.4 Å². The molecule has 136 valence electrons. The molecule has 0 heterocycles. The molecule has 0 aliphatic rings. The third kappa shape index (κ3) is 7.04. The lowest BCUT2D eigenvalue weighted by molar-refractivity contribution is -0.145. The Hall–Kier alpha value is -3.35. The van der Waals surface area contributed by atoms with Gasteiger partial charge in [0.2, 0.25) is 0 Å². The van der Waals surface area contributed by atoms with E-state index in [-0.39, 0.29) is 19.1 Å². The first kappa shape index (κ1) is 19.0. The summed E-state index contributed by atoms with van der Waals surface area (Å²) in [7, 11) is 0. The molecular formula is C19H21N3O4. The molecule has 0 unspecified atom stereocenters. The number of rotatable bonds is 9. The van der Waals surface area contributed by atoms with E-state index in [9.17, 15) is 9.59 Å². The first-order valence-electron chi connectivity index (χ1n) is 8.16. The molecule has 0 saturated heterocycles. The quantitative estimate of drug-likeness (QED) is 0.409. The molecule has 0 aromatic heterocycles. The van der Waals surface area contributed by atoms with Gasteiger partial charge in [-0.2, -0.15) is 5.10 Å². The first-order valence-corrected chi connectivity index (χ1v) is 8.16. The van der Waals surface area contributed by atoms with E-state index in [1.165, 1.54) is 6.21 Å². The van der Waals surface area contributed by atoms with E-state index >= 15 is 0 Å². The van der Waals surface area contributed by atoms with Crippen LogP contribution in [0, 0.1) is 0 Å². The number of benzene rings is 2. The topological polar surface area (TPSA) is 89.0 Å². The minimum Gasteiger partial charge on any atom is -0.482 e. The van der Waals surface area contributed by atoms with Gasteiger partial charge in [-0.3, -0.25) is 4.79 Å². The number of nitrogens with zero attached hydrogens (tertiary/aromatic N) is 1. The molecule has 0 atom stereocenters. The van der Waals surface area contributed by atoms with Crippen LogP contribution >= 0.6 is 0 Å². The lowest BCUT2D eigenvalue weighted by Crippen LogP contribution is -2.25. The average Bonchev–Trinajstić information content (AvgIpc) is 2.67. The van der Waals surface area contributed by atoms with Crippen molar-refractivity contribution in [2.24, 2.45) is 5.10 Å². The van der Waals surface area contributed by atoms with Crippen molar-refractivity contribution >= 4 is 23.8 Å². The monoisotopic (exact) mass is 355 g/mol. The van der Waals surface area contributed by atoms with Crippen LogP contribution in [-0.2, 0) is 14.3 Å². The summed E-state index contributed by atoms with van der Waals surface area (Å²) in [6.45, 7) is 2.06. The molecule has 26 heavy (non-hydrogen) atoms. The second kappa shape index (κ2) is 10.5. The lowest BCUT2D eigenvalue weighted by Gasteiger charge is -2.06. The Kier molecular flexibility index (Phi) is 7.67. The standard InChI is InChI=1S/C19H21N3O4/c1-2-25-19(24)14-26-17-10-8-15(9-11-17)12-21-22-18(23)13-20-16-6-4-3-5-7-16/h3-12,20H,2,13-14H2,1H3,(H,22,23)/b21-12-. The van der Waals surface area contributed by atoms with Crippen molar-refractivity contribution in [3.63, 3.8) is 0 Å². The molecule has 2 aromatic rings. The second-order valence-corrected chi connectivity index (χ2v) is 5.18. The Labute approximate surface area is 152 Å². The van der Waals surface area contributed by atoms with Gasteiger partial charge in [0.05, 0.1) is 19.4 Å². The van der Waals surface area contributed by atoms with Crippen LogP contribution in [0.15, 0.2) is 59.7 Å². The lowest BCUT2D eigenvalue weighted by atomic mass is 10.2. The fourth-order valence-electron chi connectivity index (χ4n) is 1.95. The van der Waals surface area contributed by atoms with E-state index in [0.717, 1.165) is 11.3 Å². The van der Waals surface area contributed by atoms with Crippen molar-refractivity contribution in [1.29, 1.82) is 0 Å². The molecule has 1 amide bonds. The van der Waals surface area contributed by atoms with Crippen LogP contribution in [-0.4, -0.2) is 37.8 Å². The maximum atomic E-state index is 11.7. The Morgan fingerprint density at radius 2 is 1.81 bits per heavy atom. The number of hydrazone groups is 1. The number of esters is 1. The van der Waals surface area contributed by atoms with Gasteiger partial charge in [-0.1, -0.05) is 18.2 Å². The smallest absolute Gasteiger partial charge is 0.344 e. The van der Waals surface area contributed by atoms with E-state index in [2.05, 4.69) is 15.8 Å². The number of para-hydroxylation sites is 1. The Balaban J connectivity index is 1.72. The highest BCUT2D eigenvalue weighted by molar-refractivity contribution is 5.84. The van der Waals surface area contributed by atoms with Gasteiger partial charge in [-0.25, -0.2) is 10.2 Å². The first-order chi connectivity index (χ1) is 12.7. The molecule has 2 rings (SSSR count). The predicted octanol–water partition coefficient (Wildman–Crippen LogP) is 2.19. The number of hydrogen-bond acceptors (Lipinski definition) is 6. The molecule has 0 bridgehead atoms. The molecule has 0 aliphatic carbocycles. The second-order valence-electron chi connectivity index (χ2n) is 5.18. The summed E-state index contributed by atoms with van der Waals surface area (Å²) in [4.78, 5) is 22.9. The molecule has 0 fully saturated rings. The zero-order valence-electron chi connectivity index (χ0n) is 14.5. The zero-order valence-corrected chi connectivity index (χ0v) is 14.5. The molecular weight excluding hydrogens is 334 g/mol. The number of amides is 1. The summed E-state index contributed by atoms with van der Waals surface area (Å²) in [6, 6.07) is 16.4. The highest BCUT2D eigenvalue weighted by Crippen LogP contribution is 2.11. The number of nitrogens with one attached hydrogen (secondary N) is 2. The maximum Gasteiger partial charge on any atom is 0.344 e. The molecule has 0 saturated carbocycles. The fourth-order valence-corrected chi connectivity index (χ4v) is 1.95. The van der Waals surface area contributed by atoms with E-state index < -0.39 is 5.97 Å². The third-order valence-electron chi connectivity index (χ3n) is 3.17. The Morgan fingerprint density at radius 3 is 2.50 bits per heavy atom. The van der Waals surface area contributed by atoms with Crippen LogP contribution in [0.2, 0.25) is 0 Å². The molecule has 2 aromatic carbocycles. The molecule has 7 heteroatoms. The van der Waals surface area contributed by atoms with Gasteiger partial charge in [0, 0.05) is 5.69 Å². The van der Waals surface area contributed by atoms with Crippen LogP contribution in [0.25, 0.3) is 0 Å². The SMILES string of the molecule is CCOC(=O)COc1ccc(/C=N\NC(=O)CNc2ccccc2)cc1. The summed E-state index contributed by atoms with van der Waals surface area (Å²) in [5, 5.41) is 6.90. The highest BCUT2D eigenvalue weighted by atomic mass is 16.6. The van der Waals surface area contributed by atoms with Gasteiger partial charge in [0.15, 0.2) is 6.61 Å². The Morgan fingerprint density at radius 1 is 1.08 bits per heavy atom. The van der Waals surface area contributed by atoms with E-state index in [1.807, 2.05) is 30.3 Å². The molecule has 7 nitrogen and oxygen atoms in total. The van der Waals surface area contributed by atoms with Crippen LogP contribution in [0.4, 0.5) is 5.69 Å². The number of hydrogen-bond donors (Lipinski definition) is 2. The van der Waals surface area contributed by atoms with Crippen LogP contribution in [0.3, 0.4) is 0 Å². The Bertz CT molecular complexity index is 730. The van der Waals surface area contributed by atoms with Gasteiger partial charge in [-0.05, 0) is 48.9 Å². The largest absolute Gasteiger partial charge is 0.482 e. The minimum atomic E-state index is -0.412. The number of ether oxygens (including phenoxy) is 2. The fraction of sp³-hybridized carbons (Fsp3) is 0.211. The normalized spacial score (nSPS) is 10.3. The van der Waals surface area contributed by atoms with Gasteiger partial charge >= 0.3 is 5.97 Å². The predicted molar refractivity (Wildman–Crippen MR) is 99.2 cm³/mol. The third-order valence-corrected chi connectivity index (χ3v) is 3.17. The van der Waals surface area contributed by atoms with Gasteiger partial charge in [0.1, 0.15) is 5.75 Å². The molecule has 0 aliphatic heterocycles. The summed E-state index contributed by atoms with van der Waals surface area (Å²) in [5.74, 6) is -0.115. The summed E-state index contributed by atoms with van der Waals surface area (Å²) >= 11 is 0. The van der Waals surface area contributed by atoms with E-state index in [4.69, 9.17) is 9.47 Å². The summed E-state index contributed by atoms with van der Waals surface area (Å²) in [5.41, 5.74) is 4.09. The van der Waals surface area contributed by atoms with Crippen molar-refractivity contribution in [1.82, 2.24) is 5.43 Å². The van der Waals surface area contributed by atoms with E-state index in [1.54, 1.807) is 31.2 Å².